The predicted octanol–water partition coefficient (Wildman–Crippen LogP) is 1.12. The van der Waals surface area contributed by atoms with Crippen molar-refractivity contribution in [3.8, 4) is 0 Å². The van der Waals surface area contributed by atoms with E-state index >= 15 is 0 Å². The second-order valence-electron chi connectivity index (χ2n) is 7.54. The Bertz CT molecular complexity index is 637. The second kappa shape index (κ2) is 6.16. The third-order valence-corrected chi connectivity index (χ3v) is 6.28. The maximum absolute atomic E-state index is 12.6. The molecule has 1 aromatic rings. The number of hydrogen-bond donors (Lipinski definition) is 1. The van der Waals surface area contributed by atoms with Gasteiger partial charge in [0.05, 0.1) is 37.1 Å². The largest absolute Gasteiger partial charge is 0.329 e. The molecule has 1 heterocycles. The van der Waals surface area contributed by atoms with Crippen LogP contribution in [0.5, 0.6) is 0 Å². The molecule has 1 aliphatic heterocycles. The first-order chi connectivity index (χ1) is 11.6. The second-order valence-corrected chi connectivity index (χ2v) is 7.54. The number of hydrogen-bond acceptors (Lipinski definition) is 3. The molecule has 1 amide bonds. The summed E-state index contributed by atoms with van der Waals surface area (Å²) in [4.78, 5) is 26.4. The highest BCUT2D eigenvalue weighted by molar-refractivity contribution is 5.94. The van der Waals surface area contributed by atoms with Crippen LogP contribution in [0.3, 0.4) is 0 Å². The monoisotopic (exact) mass is 330 g/mol. The van der Waals surface area contributed by atoms with E-state index in [4.69, 9.17) is 0 Å². The number of fused-ring (bicyclic) bond motifs is 2. The fourth-order valence-electron chi connectivity index (χ4n) is 5.02. The van der Waals surface area contributed by atoms with Crippen molar-refractivity contribution in [1.82, 2.24) is 4.90 Å². The van der Waals surface area contributed by atoms with Gasteiger partial charge < -0.3 is 9.80 Å². The van der Waals surface area contributed by atoms with Crippen LogP contribution in [0, 0.1) is 22.0 Å². The zero-order valence-electron chi connectivity index (χ0n) is 13.8. The molecule has 0 aromatic heterocycles. The van der Waals surface area contributed by atoms with Crippen LogP contribution in [-0.4, -0.2) is 48.0 Å². The van der Waals surface area contributed by atoms with Crippen LogP contribution in [-0.2, 0) is 0 Å². The summed E-state index contributed by atoms with van der Waals surface area (Å²) in [7, 11) is 0. The first-order valence-corrected chi connectivity index (χ1v) is 9.00. The average Bonchev–Trinajstić information content (AvgIpc) is 3.25. The Balaban J connectivity index is 1.35. The molecule has 24 heavy (non-hydrogen) atoms. The molecule has 6 nitrogen and oxygen atoms in total. The van der Waals surface area contributed by atoms with Crippen LogP contribution in [0.1, 0.15) is 36.0 Å². The van der Waals surface area contributed by atoms with E-state index in [1.165, 1.54) is 37.8 Å². The summed E-state index contributed by atoms with van der Waals surface area (Å²) >= 11 is 0. The number of nitrogens with one attached hydrogen (secondary N) is 1. The molecule has 4 rings (SSSR count). The van der Waals surface area contributed by atoms with Crippen molar-refractivity contribution in [2.24, 2.45) is 11.8 Å². The fraction of sp³-hybridized carbons (Fsp3) is 0.611. The Morgan fingerprint density at radius 1 is 1.12 bits per heavy atom. The Labute approximate surface area is 141 Å². The first kappa shape index (κ1) is 15.6. The first-order valence-electron chi connectivity index (χ1n) is 9.00. The quantitative estimate of drug-likeness (QED) is 0.667. The summed E-state index contributed by atoms with van der Waals surface area (Å²) in [6, 6.07) is 6.76. The van der Waals surface area contributed by atoms with Gasteiger partial charge in [-0.25, -0.2) is 0 Å². The third kappa shape index (κ3) is 2.79. The van der Waals surface area contributed by atoms with Gasteiger partial charge in [0.1, 0.15) is 0 Å². The third-order valence-electron chi connectivity index (χ3n) is 6.28. The number of carbonyl (C=O) groups excluding carboxylic acids is 1. The molecule has 0 unspecified atom stereocenters. The SMILES string of the molecule is O=C(c1ccc([N+](=O)[O-])cc1)N1CC[NH+]([C@@H]2C[C@H]3CC[C@@H]2C3)CC1. The summed E-state index contributed by atoms with van der Waals surface area (Å²) in [5.41, 5.74) is 0.570. The molecule has 128 valence electrons. The molecule has 1 aromatic carbocycles. The number of amides is 1. The lowest BCUT2D eigenvalue weighted by Crippen LogP contribution is -3.18. The van der Waals surface area contributed by atoms with E-state index in [1.807, 2.05) is 4.90 Å². The number of rotatable bonds is 3. The topological polar surface area (TPSA) is 67.9 Å². The van der Waals surface area contributed by atoms with Crippen molar-refractivity contribution in [2.45, 2.75) is 31.7 Å². The molecule has 3 atom stereocenters. The highest BCUT2D eigenvalue weighted by atomic mass is 16.6. The van der Waals surface area contributed by atoms with Gasteiger partial charge in [-0.05, 0) is 37.3 Å². The van der Waals surface area contributed by atoms with Gasteiger partial charge in [-0.1, -0.05) is 0 Å². The highest BCUT2D eigenvalue weighted by Gasteiger charge is 2.45. The van der Waals surface area contributed by atoms with Crippen LogP contribution < -0.4 is 4.90 Å². The smallest absolute Gasteiger partial charge is 0.269 e. The summed E-state index contributed by atoms with van der Waals surface area (Å²) in [5, 5.41) is 10.7. The standard InChI is InChI=1S/C18H23N3O3/c22-18(14-3-5-16(6-4-14)21(23)24)20-9-7-19(8-10-20)17-12-13-1-2-15(17)11-13/h3-6,13,15,17H,1-2,7-12H2/p+1/t13-,15+,17+/m0/s1. The Hall–Kier alpha value is -1.95. The van der Waals surface area contributed by atoms with Crippen LogP contribution in [0.25, 0.3) is 0 Å². The van der Waals surface area contributed by atoms with Gasteiger partial charge in [0, 0.05) is 30.0 Å². The lowest BCUT2D eigenvalue weighted by Gasteiger charge is -2.38. The zero-order chi connectivity index (χ0) is 16.7. The highest BCUT2D eigenvalue weighted by Crippen LogP contribution is 2.43. The van der Waals surface area contributed by atoms with E-state index in [2.05, 4.69) is 0 Å². The van der Waals surface area contributed by atoms with Crippen molar-refractivity contribution >= 4 is 11.6 Å². The van der Waals surface area contributed by atoms with Crippen LogP contribution in [0.4, 0.5) is 5.69 Å². The lowest BCUT2D eigenvalue weighted by atomic mass is 9.93. The van der Waals surface area contributed by atoms with E-state index in [0.29, 0.717) is 5.56 Å². The van der Waals surface area contributed by atoms with E-state index in [1.54, 1.807) is 17.0 Å². The minimum absolute atomic E-state index is 0.00288. The van der Waals surface area contributed by atoms with Crippen molar-refractivity contribution in [3.05, 3.63) is 39.9 Å². The van der Waals surface area contributed by atoms with E-state index in [-0.39, 0.29) is 11.6 Å². The van der Waals surface area contributed by atoms with Crippen molar-refractivity contribution in [3.63, 3.8) is 0 Å². The Morgan fingerprint density at radius 2 is 1.83 bits per heavy atom. The zero-order valence-corrected chi connectivity index (χ0v) is 13.8. The Morgan fingerprint density at radius 3 is 2.38 bits per heavy atom. The summed E-state index contributed by atoms with van der Waals surface area (Å²) in [6.45, 7) is 3.65. The van der Waals surface area contributed by atoms with Gasteiger partial charge in [0.15, 0.2) is 0 Å². The minimum atomic E-state index is -0.439. The number of nitro benzene ring substituents is 1. The van der Waals surface area contributed by atoms with Gasteiger partial charge in [0.25, 0.3) is 11.6 Å². The molecule has 1 N–H and O–H groups in total. The van der Waals surface area contributed by atoms with Crippen molar-refractivity contribution in [1.29, 1.82) is 0 Å². The number of nitro groups is 1. The average molecular weight is 330 g/mol. The molecular formula is C18H24N3O3+. The molecule has 0 spiro atoms. The number of nitrogens with zero attached hydrogens (tertiary/aromatic N) is 2. The van der Waals surface area contributed by atoms with Crippen LogP contribution in [0.15, 0.2) is 24.3 Å². The molecular weight excluding hydrogens is 306 g/mol. The molecule has 3 aliphatic rings. The Kier molecular flexibility index (Phi) is 4.00. The van der Waals surface area contributed by atoms with Gasteiger partial charge in [-0.2, -0.15) is 0 Å². The fourth-order valence-corrected chi connectivity index (χ4v) is 5.02. The van der Waals surface area contributed by atoms with Crippen molar-refractivity contribution < 1.29 is 14.6 Å². The maximum Gasteiger partial charge on any atom is 0.269 e. The van der Waals surface area contributed by atoms with Crippen LogP contribution in [0.2, 0.25) is 0 Å². The molecule has 2 bridgehead atoms. The lowest BCUT2D eigenvalue weighted by molar-refractivity contribution is -0.932. The molecule has 3 fully saturated rings. The van der Waals surface area contributed by atoms with E-state index in [0.717, 1.165) is 44.1 Å². The number of piperazine rings is 1. The predicted molar refractivity (Wildman–Crippen MR) is 88.9 cm³/mol. The number of non-ortho nitro benzene ring substituents is 1. The summed E-state index contributed by atoms with van der Waals surface area (Å²) in [6.07, 6.45) is 5.65. The molecule has 2 aliphatic carbocycles. The summed E-state index contributed by atoms with van der Waals surface area (Å²) in [5.74, 6) is 1.88. The normalized spacial score (nSPS) is 29.8. The number of carbonyl (C=O) groups is 1. The maximum atomic E-state index is 12.6. The van der Waals surface area contributed by atoms with E-state index in [9.17, 15) is 14.9 Å². The van der Waals surface area contributed by atoms with Gasteiger partial charge in [-0.15, -0.1) is 0 Å². The number of benzene rings is 1. The van der Waals surface area contributed by atoms with Crippen LogP contribution >= 0.6 is 0 Å². The molecule has 1 saturated heterocycles. The minimum Gasteiger partial charge on any atom is -0.329 e. The van der Waals surface area contributed by atoms with E-state index < -0.39 is 4.92 Å². The summed E-state index contributed by atoms with van der Waals surface area (Å²) < 4.78 is 0. The van der Waals surface area contributed by atoms with Crippen molar-refractivity contribution in [2.75, 3.05) is 26.2 Å². The molecule has 6 heteroatoms. The van der Waals surface area contributed by atoms with Gasteiger partial charge in [-0.3, -0.25) is 14.9 Å². The molecule has 2 saturated carbocycles. The van der Waals surface area contributed by atoms with Gasteiger partial charge >= 0.3 is 0 Å². The number of quaternary nitrogens is 1. The molecule has 0 radical (unpaired) electrons. The van der Waals surface area contributed by atoms with Gasteiger partial charge in [0.2, 0.25) is 0 Å².